The van der Waals surface area contributed by atoms with Gasteiger partial charge in [0.15, 0.2) is 5.78 Å². The van der Waals surface area contributed by atoms with E-state index in [1.54, 1.807) is 51.1 Å². The minimum atomic E-state index is -1.49. The smallest absolute Gasteiger partial charge is 0.408 e. The third-order valence-electron chi connectivity index (χ3n) is 2.43. The number of aliphatic carboxylic acids is 1. The summed E-state index contributed by atoms with van der Waals surface area (Å²) in [5.41, 5.74) is -0.238. The lowest BCUT2D eigenvalue weighted by atomic mass is 10.0. The van der Waals surface area contributed by atoms with Crippen LogP contribution in [0.5, 0.6) is 0 Å². The summed E-state index contributed by atoms with van der Waals surface area (Å²) in [5.74, 6) is -2.17. The molecule has 1 N–H and O–H groups in total. The second-order valence-electron chi connectivity index (χ2n) is 5.51. The number of nitrogens with one attached hydrogen (secondary N) is 1. The molecule has 0 unspecified atom stereocenters. The number of carboxylic acid groups (broad SMARTS) is 1. The molecule has 1 amide bonds. The Kier molecular flexibility index (Phi) is 5.46. The van der Waals surface area contributed by atoms with Gasteiger partial charge < -0.3 is 20.0 Å². The Morgan fingerprint density at radius 1 is 1.19 bits per heavy atom. The van der Waals surface area contributed by atoms with Crippen LogP contribution in [-0.4, -0.2) is 23.4 Å². The van der Waals surface area contributed by atoms with E-state index in [2.05, 4.69) is 5.32 Å². The standard InChI is InChI=1S/C15H19NO5/c1-15(2,3)21-14(20)16-13(11(17)9-12(18)19)10-7-5-4-6-8-10/h4-8,13H,9H2,1-3H3,(H,16,20)(H,18,19)/p-1/t13-/m0/s1. The number of hydrogen-bond donors (Lipinski definition) is 1. The highest BCUT2D eigenvalue weighted by molar-refractivity contribution is 5.98. The quantitative estimate of drug-likeness (QED) is 0.815. The molecule has 0 fully saturated rings. The highest BCUT2D eigenvalue weighted by Gasteiger charge is 2.25. The van der Waals surface area contributed by atoms with E-state index in [1.165, 1.54) is 0 Å². The maximum absolute atomic E-state index is 12.0. The zero-order chi connectivity index (χ0) is 16.0. The molecular weight excluding hydrogens is 274 g/mol. The van der Waals surface area contributed by atoms with Crippen LogP contribution in [0.4, 0.5) is 4.79 Å². The Bertz CT molecular complexity index is 519. The highest BCUT2D eigenvalue weighted by atomic mass is 16.6. The van der Waals surface area contributed by atoms with Crippen LogP contribution in [0.2, 0.25) is 0 Å². The van der Waals surface area contributed by atoms with Gasteiger partial charge in [0.25, 0.3) is 0 Å². The SMILES string of the molecule is CC(C)(C)OC(=O)N[C@H](C(=O)CC(=O)[O-])c1ccccc1. The van der Waals surface area contributed by atoms with Gasteiger partial charge in [-0.05, 0) is 26.3 Å². The van der Waals surface area contributed by atoms with Gasteiger partial charge in [0, 0.05) is 12.4 Å². The van der Waals surface area contributed by atoms with E-state index in [0.717, 1.165) is 0 Å². The van der Waals surface area contributed by atoms with Crippen molar-refractivity contribution in [3.05, 3.63) is 35.9 Å². The summed E-state index contributed by atoms with van der Waals surface area (Å²) in [5, 5.41) is 13.0. The van der Waals surface area contributed by atoms with Crippen molar-refractivity contribution >= 4 is 17.8 Å². The second kappa shape index (κ2) is 6.88. The van der Waals surface area contributed by atoms with Crippen LogP contribution in [0.15, 0.2) is 30.3 Å². The van der Waals surface area contributed by atoms with Crippen LogP contribution >= 0.6 is 0 Å². The van der Waals surface area contributed by atoms with Gasteiger partial charge >= 0.3 is 6.09 Å². The molecule has 114 valence electrons. The third-order valence-corrected chi connectivity index (χ3v) is 2.43. The van der Waals surface area contributed by atoms with Gasteiger partial charge in [-0.15, -0.1) is 0 Å². The largest absolute Gasteiger partial charge is 0.550 e. The van der Waals surface area contributed by atoms with Gasteiger partial charge in [0.05, 0.1) is 0 Å². The maximum atomic E-state index is 12.0. The molecular formula is C15H18NO5-. The molecule has 1 atom stereocenters. The molecule has 0 aromatic heterocycles. The molecule has 6 heteroatoms. The number of Topliss-reactive ketones (excluding diaryl/α,β-unsaturated/α-hetero) is 1. The first-order chi connectivity index (χ1) is 9.69. The number of amides is 1. The van der Waals surface area contributed by atoms with Gasteiger partial charge in [0.1, 0.15) is 11.6 Å². The van der Waals surface area contributed by atoms with E-state index >= 15 is 0 Å². The van der Waals surface area contributed by atoms with Crippen molar-refractivity contribution < 1.29 is 24.2 Å². The zero-order valence-electron chi connectivity index (χ0n) is 12.2. The van der Waals surface area contributed by atoms with Crippen molar-refractivity contribution in [2.75, 3.05) is 0 Å². The van der Waals surface area contributed by atoms with E-state index in [1.807, 2.05) is 0 Å². The molecule has 0 saturated heterocycles. The summed E-state index contributed by atoms with van der Waals surface area (Å²) in [4.78, 5) is 34.3. The van der Waals surface area contributed by atoms with Crippen LogP contribution in [0, 0.1) is 0 Å². The molecule has 0 radical (unpaired) electrons. The van der Waals surface area contributed by atoms with Gasteiger partial charge in [-0.25, -0.2) is 4.79 Å². The number of carboxylic acids is 1. The Labute approximate surface area is 123 Å². The van der Waals surface area contributed by atoms with Gasteiger partial charge in [-0.1, -0.05) is 30.3 Å². The first-order valence-electron chi connectivity index (χ1n) is 6.46. The number of hydrogen-bond acceptors (Lipinski definition) is 5. The number of carbonyl (C=O) groups is 3. The van der Waals surface area contributed by atoms with Crippen molar-refractivity contribution in [1.29, 1.82) is 0 Å². The fraction of sp³-hybridized carbons (Fsp3) is 0.400. The van der Waals surface area contributed by atoms with Gasteiger partial charge in [0.2, 0.25) is 0 Å². The van der Waals surface area contributed by atoms with Crippen LogP contribution in [-0.2, 0) is 14.3 Å². The van der Waals surface area contributed by atoms with Crippen molar-refractivity contribution in [2.24, 2.45) is 0 Å². The zero-order valence-corrected chi connectivity index (χ0v) is 12.2. The molecule has 0 aliphatic heterocycles. The third kappa shape index (κ3) is 6.07. The molecule has 0 heterocycles. The fourth-order valence-corrected chi connectivity index (χ4v) is 1.66. The summed E-state index contributed by atoms with van der Waals surface area (Å²) in [6.45, 7) is 5.06. The predicted octanol–water partition coefficient (Wildman–Crippen LogP) is 0.961. The number of benzene rings is 1. The molecule has 21 heavy (non-hydrogen) atoms. The average molecular weight is 292 g/mol. The minimum Gasteiger partial charge on any atom is -0.550 e. The predicted molar refractivity (Wildman–Crippen MR) is 73.2 cm³/mol. The van der Waals surface area contributed by atoms with Gasteiger partial charge in [-0.2, -0.15) is 0 Å². The maximum Gasteiger partial charge on any atom is 0.408 e. The van der Waals surface area contributed by atoms with E-state index < -0.39 is 35.9 Å². The summed E-state index contributed by atoms with van der Waals surface area (Å²) in [7, 11) is 0. The fourth-order valence-electron chi connectivity index (χ4n) is 1.66. The minimum absolute atomic E-state index is 0.481. The molecule has 0 bridgehead atoms. The first-order valence-corrected chi connectivity index (χ1v) is 6.46. The number of rotatable bonds is 5. The highest BCUT2D eigenvalue weighted by Crippen LogP contribution is 2.16. The van der Waals surface area contributed by atoms with Crippen LogP contribution in [0.1, 0.15) is 38.8 Å². The second-order valence-corrected chi connectivity index (χ2v) is 5.51. The molecule has 6 nitrogen and oxygen atoms in total. The molecule has 0 saturated carbocycles. The van der Waals surface area contributed by atoms with E-state index in [0.29, 0.717) is 5.56 Å². The van der Waals surface area contributed by atoms with Crippen LogP contribution in [0.25, 0.3) is 0 Å². The van der Waals surface area contributed by atoms with Gasteiger partial charge in [-0.3, -0.25) is 4.79 Å². The monoisotopic (exact) mass is 292 g/mol. The number of ketones is 1. The lowest BCUT2D eigenvalue weighted by Gasteiger charge is -2.23. The lowest BCUT2D eigenvalue weighted by Crippen LogP contribution is -2.39. The van der Waals surface area contributed by atoms with Crippen molar-refractivity contribution in [3.8, 4) is 0 Å². The number of alkyl carbamates (subject to hydrolysis) is 1. The Balaban J connectivity index is 2.90. The summed E-state index contributed by atoms with van der Waals surface area (Å²) >= 11 is 0. The topological polar surface area (TPSA) is 95.5 Å². The normalized spacial score (nSPS) is 12.3. The van der Waals surface area contributed by atoms with Crippen LogP contribution < -0.4 is 10.4 Å². The molecule has 1 aromatic rings. The summed E-state index contributed by atoms with van der Waals surface area (Å²) < 4.78 is 5.08. The number of ether oxygens (including phenoxy) is 1. The molecule has 1 rings (SSSR count). The average Bonchev–Trinajstić information content (AvgIpc) is 2.34. The van der Waals surface area contributed by atoms with E-state index in [9.17, 15) is 19.5 Å². The summed E-state index contributed by atoms with van der Waals surface area (Å²) in [6.07, 6.45) is -1.57. The van der Waals surface area contributed by atoms with Crippen molar-refractivity contribution in [1.82, 2.24) is 5.32 Å². The van der Waals surface area contributed by atoms with Crippen molar-refractivity contribution in [3.63, 3.8) is 0 Å². The molecule has 0 aliphatic rings. The Morgan fingerprint density at radius 3 is 2.24 bits per heavy atom. The number of carbonyl (C=O) groups excluding carboxylic acids is 3. The molecule has 0 spiro atoms. The van der Waals surface area contributed by atoms with Crippen LogP contribution in [0.3, 0.4) is 0 Å². The molecule has 1 aromatic carbocycles. The summed E-state index contributed by atoms with van der Waals surface area (Å²) in [6, 6.07) is 7.28. The lowest BCUT2D eigenvalue weighted by molar-refractivity contribution is -0.304. The van der Waals surface area contributed by atoms with Crippen molar-refractivity contribution in [2.45, 2.75) is 38.8 Å². The molecule has 0 aliphatic carbocycles. The van der Waals surface area contributed by atoms with E-state index in [-0.39, 0.29) is 0 Å². The first kappa shape index (κ1) is 16.7. The Hall–Kier alpha value is -2.37. The van der Waals surface area contributed by atoms with E-state index in [4.69, 9.17) is 4.74 Å². The Morgan fingerprint density at radius 2 is 1.76 bits per heavy atom.